The van der Waals surface area contributed by atoms with Crippen LogP contribution in [0.2, 0.25) is 0 Å². The van der Waals surface area contributed by atoms with Crippen LogP contribution in [-0.4, -0.2) is 18.6 Å². The fourth-order valence-electron chi connectivity index (χ4n) is 0.528. The van der Waals surface area contributed by atoms with Crippen molar-refractivity contribution in [3.8, 4) is 6.19 Å². The maximum absolute atomic E-state index is 10.5. The minimum absolute atomic E-state index is 0.215. The minimum Gasteiger partial charge on any atom is -0.309 e. The summed E-state index contributed by atoms with van der Waals surface area (Å²) in [5.74, 6) is -0.295. The summed E-state index contributed by atoms with van der Waals surface area (Å²) in [5.41, 5.74) is 2.10. The van der Waals surface area contributed by atoms with Crippen LogP contribution in [0.15, 0.2) is 0 Å². The van der Waals surface area contributed by atoms with Crippen LogP contribution in [0.4, 0.5) is 0 Å². The van der Waals surface area contributed by atoms with Crippen LogP contribution < -0.4 is 10.8 Å². The van der Waals surface area contributed by atoms with Gasteiger partial charge in [0, 0.05) is 0 Å². The van der Waals surface area contributed by atoms with Crippen molar-refractivity contribution in [2.45, 2.75) is 6.04 Å². The van der Waals surface area contributed by atoms with Gasteiger partial charge in [-0.25, -0.2) is 5.48 Å². The van der Waals surface area contributed by atoms with E-state index in [1.165, 1.54) is 0 Å². The second-order valence-corrected chi connectivity index (χ2v) is 1.59. The van der Waals surface area contributed by atoms with Gasteiger partial charge in [0.1, 0.15) is 12.6 Å². The Hall–Kier alpha value is -1.28. The molecule has 1 amide bonds. The predicted molar refractivity (Wildman–Crippen MR) is 26.6 cm³/mol. The van der Waals surface area contributed by atoms with Gasteiger partial charge in [0.05, 0.1) is 0 Å². The highest BCUT2D eigenvalue weighted by atomic mass is 16.7. The molecule has 2 N–H and O–H groups in total. The molecule has 0 spiro atoms. The molecule has 1 saturated heterocycles. The molecule has 1 aliphatic rings. The number of nitriles is 1. The Kier molecular flexibility index (Phi) is 1.51. The second-order valence-electron chi connectivity index (χ2n) is 1.59. The molecule has 5 nitrogen and oxygen atoms in total. The van der Waals surface area contributed by atoms with E-state index in [1.807, 2.05) is 0 Å². The standard InChI is InChI=1S/C4H5N3O2/c5-2-6-3-1-9-7-4(3)8/h3,6H,1H2,(H,7,8). The van der Waals surface area contributed by atoms with E-state index in [9.17, 15) is 4.79 Å². The van der Waals surface area contributed by atoms with Gasteiger partial charge in [0.15, 0.2) is 6.19 Å². The highest BCUT2D eigenvalue weighted by Crippen LogP contribution is 1.91. The quantitative estimate of drug-likeness (QED) is 0.331. The Morgan fingerprint density at radius 2 is 2.78 bits per heavy atom. The Balaban J connectivity index is 2.42. The summed E-state index contributed by atoms with van der Waals surface area (Å²) in [6.07, 6.45) is 1.65. The van der Waals surface area contributed by atoms with Crippen molar-refractivity contribution in [1.82, 2.24) is 10.8 Å². The van der Waals surface area contributed by atoms with Crippen molar-refractivity contribution >= 4 is 5.91 Å². The van der Waals surface area contributed by atoms with Crippen molar-refractivity contribution in [2.75, 3.05) is 6.61 Å². The van der Waals surface area contributed by atoms with Crippen molar-refractivity contribution in [3.05, 3.63) is 0 Å². The van der Waals surface area contributed by atoms with Gasteiger partial charge < -0.3 is 5.32 Å². The number of carbonyl (C=O) groups is 1. The first-order valence-electron chi connectivity index (χ1n) is 2.41. The Morgan fingerprint density at radius 1 is 2.00 bits per heavy atom. The molecule has 1 unspecified atom stereocenters. The summed E-state index contributed by atoms with van der Waals surface area (Å²) < 4.78 is 0. The topological polar surface area (TPSA) is 74.2 Å². The molecule has 9 heavy (non-hydrogen) atoms. The number of hydrogen-bond donors (Lipinski definition) is 2. The Labute approximate surface area is 51.5 Å². The summed E-state index contributed by atoms with van der Waals surface area (Å²) >= 11 is 0. The molecule has 0 aromatic heterocycles. The average molecular weight is 127 g/mol. The summed E-state index contributed by atoms with van der Waals surface area (Å²) in [5, 5.41) is 10.3. The summed E-state index contributed by atoms with van der Waals surface area (Å²) in [7, 11) is 0. The number of hydrogen-bond acceptors (Lipinski definition) is 4. The molecule has 5 heteroatoms. The molecule has 1 heterocycles. The fourth-order valence-corrected chi connectivity index (χ4v) is 0.528. The Bertz CT molecular complexity index is 162. The number of carbonyl (C=O) groups excluding carboxylic acids is 1. The number of amides is 1. The molecule has 1 atom stereocenters. The van der Waals surface area contributed by atoms with Crippen LogP contribution in [0.5, 0.6) is 0 Å². The SMILES string of the molecule is N#CNC1CONC1=O. The van der Waals surface area contributed by atoms with E-state index in [4.69, 9.17) is 5.26 Å². The smallest absolute Gasteiger partial charge is 0.269 e. The second kappa shape index (κ2) is 2.33. The molecule has 0 aromatic rings. The molecule has 1 rings (SSSR count). The third-order valence-corrected chi connectivity index (χ3v) is 0.978. The van der Waals surface area contributed by atoms with Gasteiger partial charge in [-0.05, 0) is 0 Å². The van der Waals surface area contributed by atoms with Gasteiger partial charge in [-0.15, -0.1) is 0 Å². The van der Waals surface area contributed by atoms with E-state index < -0.39 is 6.04 Å². The monoisotopic (exact) mass is 127 g/mol. The van der Waals surface area contributed by atoms with Crippen LogP contribution in [0.25, 0.3) is 0 Å². The predicted octanol–water partition coefficient (Wildman–Crippen LogP) is -1.51. The molecule has 0 aromatic carbocycles. The summed E-state index contributed by atoms with van der Waals surface area (Å²) in [6, 6.07) is -0.505. The largest absolute Gasteiger partial charge is 0.309 e. The van der Waals surface area contributed by atoms with Crippen molar-refractivity contribution < 1.29 is 9.63 Å². The lowest BCUT2D eigenvalue weighted by Crippen LogP contribution is -2.34. The third kappa shape index (κ3) is 1.09. The maximum Gasteiger partial charge on any atom is 0.269 e. The van der Waals surface area contributed by atoms with Gasteiger partial charge in [-0.3, -0.25) is 9.63 Å². The summed E-state index contributed by atoms with van der Waals surface area (Å²) in [6.45, 7) is 0.215. The maximum atomic E-state index is 10.5. The third-order valence-electron chi connectivity index (χ3n) is 0.978. The van der Waals surface area contributed by atoms with Gasteiger partial charge in [0.2, 0.25) is 0 Å². The zero-order valence-corrected chi connectivity index (χ0v) is 4.55. The van der Waals surface area contributed by atoms with E-state index in [0.717, 1.165) is 0 Å². The average Bonchev–Trinajstić information content (AvgIpc) is 2.18. The van der Waals surface area contributed by atoms with Crippen LogP contribution in [0, 0.1) is 11.5 Å². The zero-order valence-electron chi connectivity index (χ0n) is 4.55. The van der Waals surface area contributed by atoms with Gasteiger partial charge in [-0.2, -0.15) is 5.26 Å². The van der Waals surface area contributed by atoms with E-state index in [-0.39, 0.29) is 12.5 Å². The lowest BCUT2D eigenvalue weighted by molar-refractivity contribution is -0.124. The molecule has 0 aliphatic carbocycles. The van der Waals surface area contributed by atoms with Crippen molar-refractivity contribution in [3.63, 3.8) is 0 Å². The number of nitrogens with zero attached hydrogens (tertiary/aromatic N) is 1. The molecular weight excluding hydrogens is 122 g/mol. The minimum atomic E-state index is -0.505. The molecular formula is C4H5N3O2. The van der Waals surface area contributed by atoms with E-state index in [0.29, 0.717) is 0 Å². The first-order chi connectivity index (χ1) is 4.34. The van der Waals surface area contributed by atoms with Crippen LogP contribution in [0.3, 0.4) is 0 Å². The molecule has 48 valence electrons. The van der Waals surface area contributed by atoms with Crippen LogP contribution in [-0.2, 0) is 9.63 Å². The Morgan fingerprint density at radius 3 is 3.22 bits per heavy atom. The first kappa shape index (κ1) is 5.85. The molecule has 1 fully saturated rings. The van der Waals surface area contributed by atoms with Crippen molar-refractivity contribution in [1.29, 1.82) is 5.26 Å². The van der Waals surface area contributed by atoms with E-state index >= 15 is 0 Å². The molecule has 0 bridgehead atoms. The van der Waals surface area contributed by atoms with E-state index in [1.54, 1.807) is 6.19 Å². The zero-order chi connectivity index (χ0) is 6.69. The van der Waals surface area contributed by atoms with Gasteiger partial charge in [-0.1, -0.05) is 0 Å². The van der Waals surface area contributed by atoms with E-state index in [2.05, 4.69) is 15.6 Å². The number of hydroxylamine groups is 1. The van der Waals surface area contributed by atoms with Crippen molar-refractivity contribution in [2.24, 2.45) is 0 Å². The number of rotatable bonds is 1. The first-order valence-corrected chi connectivity index (χ1v) is 2.41. The van der Waals surface area contributed by atoms with Gasteiger partial charge >= 0.3 is 0 Å². The lowest BCUT2D eigenvalue weighted by Gasteiger charge is -1.96. The number of nitrogens with one attached hydrogen (secondary N) is 2. The van der Waals surface area contributed by atoms with Gasteiger partial charge in [0.25, 0.3) is 5.91 Å². The molecule has 1 aliphatic heterocycles. The molecule has 0 saturated carbocycles. The summed E-state index contributed by atoms with van der Waals surface area (Å²) in [4.78, 5) is 15.0. The highest BCUT2D eigenvalue weighted by molar-refractivity contribution is 5.82. The molecule has 0 radical (unpaired) electrons. The highest BCUT2D eigenvalue weighted by Gasteiger charge is 2.24. The van der Waals surface area contributed by atoms with Crippen LogP contribution in [0.1, 0.15) is 0 Å². The fraction of sp³-hybridized carbons (Fsp3) is 0.500. The lowest BCUT2D eigenvalue weighted by atomic mass is 10.3. The van der Waals surface area contributed by atoms with Crippen LogP contribution >= 0.6 is 0 Å². The normalized spacial score (nSPS) is 24.8.